The Kier molecular flexibility index (Phi) is 4.01. The topological polar surface area (TPSA) is 67.0 Å². The van der Waals surface area contributed by atoms with Crippen molar-refractivity contribution in [1.29, 1.82) is 5.26 Å². The maximum atomic E-state index is 11.3. The van der Waals surface area contributed by atoms with Crippen molar-refractivity contribution in [1.82, 2.24) is 0 Å². The standard InChI is InChI=1S/C12H15N3O/c1-4-5-14-12-10(7-13)6-11(9(3)16)8(2)15-12/h6H,4-5H2,1-3H3,(H,14,15)/p+1. The van der Waals surface area contributed by atoms with E-state index in [0.29, 0.717) is 16.9 Å². The third-order valence-corrected chi connectivity index (χ3v) is 2.33. The predicted octanol–water partition coefficient (Wildman–Crippen LogP) is 1.71. The second kappa shape index (κ2) is 5.26. The summed E-state index contributed by atoms with van der Waals surface area (Å²) in [5.74, 6) is 0.652. The van der Waals surface area contributed by atoms with E-state index in [1.807, 2.05) is 6.92 Å². The summed E-state index contributed by atoms with van der Waals surface area (Å²) in [6.45, 7) is 6.17. The number of nitriles is 1. The van der Waals surface area contributed by atoms with Crippen LogP contribution < -0.4 is 10.3 Å². The number of ketones is 1. The Balaban J connectivity index is 3.17. The Bertz CT molecular complexity index is 446. The summed E-state index contributed by atoms with van der Waals surface area (Å²) in [6, 6.07) is 3.71. The van der Waals surface area contributed by atoms with E-state index in [1.165, 1.54) is 6.92 Å². The summed E-state index contributed by atoms with van der Waals surface area (Å²) in [6.07, 6.45) is 0.978. The van der Waals surface area contributed by atoms with Crippen LogP contribution in [0.4, 0.5) is 5.82 Å². The van der Waals surface area contributed by atoms with E-state index in [4.69, 9.17) is 5.26 Å². The summed E-state index contributed by atoms with van der Waals surface area (Å²) in [5.41, 5.74) is 1.83. The molecule has 0 saturated heterocycles. The highest BCUT2D eigenvalue weighted by atomic mass is 16.1. The number of nitrogens with zero attached hydrogens (tertiary/aromatic N) is 1. The van der Waals surface area contributed by atoms with Gasteiger partial charge >= 0.3 is 0 Å². The van der Waals surface area contributed by atoms with E-state index in [1.54, 1.807) is 6.07 Å². The Morgan fingerprint density at radius 3 is 2.81 bits per heavy atom. The fourth-order valence-corrected chi connectivity index (χ4v) is 1.49. The number of aryl methyl sites for hydroxylation is 1. The number of anilines is 1. The molecule has 1 heterocycles. The van der Waals surface area contributed by atoms with Crippen molar-refractivity contribution in [2.45, 2.75) is 27.2 Å². The monoisotopic (exact) mass is 218 g/mol. The van der Waals surface area contributed by atoms with Crippen LogP contribution in [0.1, 0.15) is 41.9 Å². The predicted molar refractivity (Wildman–Crippen MR) is 61.2 cm³/mol. The number of hydrogen-bond acceptors (Lipinski definition) is 3. The van der Waals surface area contributed by atoms with Gasteiger partial charge in [-0.3, -0.25) is 10.1 Å². The number of aromatic amines is 1. The number of carbonyl (C=O) groups is 1. The highest BCUT2D eigenvalue weighted by Gasteiger charge is 2.15. The fourth-order valence-electron chi connectivity index (χ4n) is 1.49. The molecule has 0 radical (unpaired) electrons. The van der Waals surface area contributed by atoms with Crippen LogP contribution in [0.5, 0.6) is 0 Å². The number of pyridine rings is 1. The maximum absolute atomic E-state index is 11.3. The summed E-state index contributed by atoms with van der Waals surface area (Å²) in [4.78, 5) is 14.4. The molecular formula is C12H16N3O+. The summed E-state index contributed by atoms with van der Waals surface area (Å²) in [7, 11) is 0. The molecule has 0 amide bonds. The van der Waals surface area contributed by atoms with Gasteiger partial charge in [0, 0.05) is 0 Å². The fraction of sp³-hybridized carbons (Fsp3) is 0.417. The Labute approximate surface area is 95.3 Å². The van der Waals surface area contributed by atoms with Gasteiger partial charge in [0.1, 0.15) is 17.3 Å². The van der Waals surface area contributed by atoms with Crippen molar-refractivity contribution < 1.29 is 9.78 Å². The number of aromatic nitrogens is 1. The molecule has 0 aliphatic heterocycles. The highest BCUT2D eigenvalue weighted by Crippen LogP contribution is 2.13. The first-order valence-electron chi connectivity index (χ1n) is 5.32. The largest absolute Gasteiger partial charge is 0.294 e. The lowest BCUT2D eigenvalue weighted by Crippen LogP contribution is -2.21. The van der Waals surface area contributed by atoms with Gasteiger partial charge in [0.25, 0.3) is 5.82 Å². The number of nitrogens with one attached hydrogen (secondary N) is 2. The quantitative estimate of drug-likeness (QED) is 0.782. The van der Waals surface area contributed by atoms with E-state index in [2.05, 4.69) is 23.3 Å². The smallest absolute Gasteiger partial charge is 0.290 e. The Hall–Kier alpha value is -1.89. The Morgan fingerprint density at radius 1 is 1.62 bits per heavy atom. The van der Waals surface area contributed by atoms with Crippen molar-refractivity contribution in [2.24, 2.45) is 0 Å². The molecule has 0 spiro atoms. The number of rotatable bonds is 4. The van der Waals surface area contributed by atoms with Gasteiger partial charge in [-0.15, -0.1) is 0 Å². The third kappa shape index (κ3) is 2.57. The number of H-pyrrole nitrogens is 1. The molecule has 4 heteroatoms. The van der Waals surface area contributed by atoms with Crippen molar-refractivity contribution in [3.8, 4) is 6.07 Å². The summed E-state index contributed by atoms with van der Waals surface area (Å²) in [5, 5.41) is 12.1. The molecular weight excluding hydrogens is 202 g/mol. The number of hydrogen-bond donors (Lipinski definition) is 1. The number of carbonyl (C=O) groups excluding carboxylic acids is 1. The van der Waals surface area contributed by atoms with E-state index in [0.717, 1.165) is 18.7 Å². The zero-order chi connectivity index (χ0) is 12.1. The molecule has 0 aromatic carbocycles. The average molecular weight is 218 g/mol. The van der Waals surface area contributed by atoms with Gasteiger partial charge in [-0.05, 0) is 26.3 Å². The molecule has 4 nitrogen and oxygen atoms in total. The van der Waals surface area contributed by atoms with Gasteiger partial charge in [0.05, 0.1) is 12.1 Å². The van der Waals surface area contributed by atoms with Crippen LogP contribution in [0.25, 0.3) is 0 Å². The maximum Gasteiger partial charge on any atom is 0.290 e. The van der Waals surface area contributed by atoms with Gasteiger partial charge in [-0.2, -0.15) is 5.26 Å². The van der Waals surface area contributed by atoms with Crippen LogP contribution in [0.3, 0.4) is 0 Å². The minimum Gasteiger partial charge on any atom is -0.294 e. The molecule has 0 saturated carbocycles. The van der Waals surface area contributed by atoms with Gasteiger partial charge in [0.2, 0.25) is 0 Å². The molecule has 1 rings (SSSR count). The minimum atomic E-state index is -0.0349. The highest BCUT2D eigenvalue weighted by molar-refractivity contribution is 5.95. The van der Waals surface area contributed by atoms with Crippen molar-refractivity contribution in [2.75, 3.05) is 11.9 Å². The van der Waals surface area contributed by atoms with Crippen LogP contribution >= 0.6 is 0 Å². The van der Waals surface area contributed by atoms with Gasteiger partial charge in [-0.25, -0.2) is 4.98 Å². The lowest BCUT2D eigenvalue weighted by Gasteiger charge is -2.03. The molecule has 16 heavy (non-hydrogen) atoms. The molecule has 0 bridgehead atoms. The molecule has 0 aliphatic rings. The van der Waals surface area contributed by atoms with Crippen molar-refractivity contribution in [3.05, 3.63) is 22.9 Å². The zero-order valence-electron chi connectivity index (χ0n) is 9.85. The Morgan fingerprint density at radius 2 is 2.31 bits per heavy atom. The first-order valence-corrected chi connectivity index (χ1v) is 5.32. The molecule has 0 unspecified atom stereocenters. The normalized spacial score (nSPS) is 9.62. The van der Waals surface area contributed by atoms with E-state index in [-0.39, 0.29) is 5.78 Å². The summed E-state index contributed by atoms with van der Waals surface area (Å²) < 4.78 is 0. The molecule has 0 fully saturated rings. The van der Waals surface area contributed by atoms with E-state index in [9.17, 15) is 4.79 Å². The molecule has 84 valence electrons. The second-order valence-corrected chi connectivity index (χ2v) is 3.69. The van der Waals surface area contributed by atoms with Gasteiger partial charge in [0.15, 0.2) is 5.78 Å². The third-order valence-electron chi connectivity index (χ3n) is 2.33. The van der Waals surface area contributed by atoms with Crippen LogP contribution in [0.15, 0.2) is 6.07 Å². The van der Waals surface area contributed by atoms with Crippen LogP contribution in [-0.2, 0) is 0 Å². The van der Waals surface area contributed by atoms with Crippen LogP contribution in [0, 0.1) is 18.3 Å². The minimum absolute atomic E-state index is 0.0349. The van der Waals surface area contributed by atoms with Crippen molar-refractivity contribution >= 4 is 11.6 Å². The second-order valence-electron chi connectivity index (χ2n) is 3.69. The van der Waals surface area contributed by atoms with E-state index < -0.39 is 0 Å². The molecule has 1 aromatic rings. The first-order chi connectivity index (χ1) is 7.60. The molecule has 2 N–H and O–H groups in total. The zero-order valence-corrected chi connectivity index (χ0v) is 9.85. The van der Waals surface area contributed by atoms with Crippen LogP contribution in [0.2, 0.25) is 0 Å². The molecule has 1 aromatic heterocycles. The van der Waals surface area contributed by atoms with Crippen molar-refractivity contribution in [3.63, 3.8) is 0 Å². The van der Waals surface area contributed by atoms with E-state index >= 15 is 0 Å². The van der Waals surface area contributed by atoms with Gasteiger partial charge in [-0.1, -0.05) is 6.92 Å². The first kappa shape index (κ1) is 12.2. The van der Waals surface area contributed by atoms with Gasteiger partial charge < -0.3 is 0 Å². The molecule has 0 aliphatic carbocycles. The lowest BCUT2D eigenvalue weighted by atomic mass is 10.1. The SMILES string of the molecule is CCCNc1[nH+]c(C)c(C(C)=O)cc1C#N. The van der Waals surface area contributed by atoms with Crippen LogP contribution in [-0.4, -0.2) is 12.3 Å². The molecule has 0 atom stereocenters. The average Bonchev–Trinajstić information content (AvgIpc) is 2.25. The summed E-state index contributed by atoms with van der Waals surface area (Å²) >= 11 is 0. The number of Topliss-reactive ketones (excluding diaryl/α,β-unsaturated/α-hetero) is 1. The lowest BCUT2D eigenvalue weighted by molar-refractivity contribution is -0.371.